The minimum Gasteiger partial charge on any atom is -1.00 e. The minimum absolute atomic E-state index is 0. The van der Waals surface area contributed by atoms with Gasteiger partial charge in [-0.15, -0.1) is 0 Å². The van der Waals surface area contributed by atoms with Crippen LogP contribution in [0, 0.1) is 13.8 Å². The summed E-state index contributed by atoms with van der Waals surface area (Å²) in [4.78, 5) is 0. The van der Waals surface area contributed by atoms with E-state index in [9.17, 15) is 0 Å². The third-order valence-corrected chi connectivity index (χ3v) is 3.96. The molecule has 0 amide bonds. The van der Waals surface area contributed by atoms with E-state index in [2.05, 4.69) is 62.4 Å². The van der Waals surface area contributed by atoms with Gasteiger partial charge in [-0.2, -0.15) is 10.6 Å². The summed E-state index contributed by atoms with van der Waals surface area (Å²) in [7, 11) is 1.31. The topological polar surface area (TPSA) is 0 Å². The van der Waals surface area contributed by atoms with Crippen molar-refractivity contribution in [1.82, 2.24) is 0 Å². The van der Waals surface area contributed by atoms with E-state index in [4.69, 9.17) is 0 Å². The summed E-state index contributed by atoms with van der Waals surface area (Å²) < 4.78 is 0. The van der Waals surface area contributed by atoms with E-state index >= 15 is 0 Å². The van der Waals surface area contributed by atoms with Gasteiger partial charge in [-0.05, 0) is 13.8 Å². The van der Waals surface area contributed by atoms with Crippen LogP contribution in [0.25, 0.3) is 0 Å². The second-order valence-corrected chi connectivity index (χ2v) is 4.87. The first-order chi connectivity index (χ1) is 7.27. The van der Waals surface area contributed by atoms with E-state index in [0.29, 0.717) is 0 Å². The molecule has 0 spiro atoms. The third kappa shape index (κ3) is 4.60. The Hall–Kier alpha value is -0.0738. The van der Waals surface area contributed by atoms with Crippen LogP contribution in [0.1, 0.15) is 11.1 Å². The summed E-state index contributed by atoms with van der Waals surface area (Å²) in [5, 5.41) is 2.79. The molecule has 0 aliphatic rings. The maximum atomic E-state index is 2.20. The molecule has 2 aromatic carbocycles. The van der Waals surface area contributed by atoms with Crippen molar-refractivity contribution in [2.45, 2.75) is 13.8 Å². The van der Waals surface area contributed by atoms with Gasteiger partial charge >= 0.3 is 23.1 Å². The molecule has 3 heteroatoms. The number of halogens is 1. The zero-order valence-electron chi connectivity index (χ0n) is 10.2. The zero-order valence-corrected chi connectivity index (χ0v) is 13.2. The molecule has 84 valence electrons. The fourth-order valence-corrected chi connectivity index (χ4v) is 2.59. The van der Waals surface area contributed by atoms with Gasteiger partial charge in [0.1, 0.15) is 0 Å². The molecule has 0 unspecified atom stereocenters. The van der Waals surface area contributed by atoms with Crippen LogP contribution in [0.5, 0.6) is 0 Å². The number of rotatable bonds is 2. The molecule has 0 aromatic heterocycles. The summed E-state index contributed by atoms with van der Waals surface area (Å²) in [6.45, 7) is 4.33. The van der Waals surface area contributed by atoms with E-state index in [1.165, 1.54) is 30.3 Å². The first-order valence-electron chi connectivity index (χ1n) is 5.10. The Bertz CT molecular complexity index is 428. The maximum absolute atomic E-state index is 2.20. The molecule has 0 saturated heterocycles. The SMILES string of the molecule is Cc1ccccc1[P-]c1ccccc1C.[Cl-].[Mg+2]. The minimum atomic E-state index is 0. The Morgan fingerprint density at radius 2 is 1.06 bits per heavy atom. The molecular weight excluding hydrogens is 259 g/mol. The molecule has 2 rings (SSSR count). The number of hydrogen-bond acceptors (Lipinski definition) is 0. The molecule has 17 heavy (non-hydrogen) atoms. The van der Waals surface area contributed by atoms with Gasteiger partial charge in [-0.25, -0.2) is 0 Å². The Morgan fingerprint density at radius 1 is 0.706 bits per heavy atom. The first kappa shape index (κ1) is 16.9. The summed E-state index contributed by atoms with van der Waals surface area (Å²) in [6, 6.07) is 17.1. The normalized spacial score (nSPS) is 9.06. The van der Waals surface area contributed by atoms with E-state index in [1.54, 1.807) is 0 Å². The fourth-order valence-electron chi connectivity index (χ4n) is 1.51. The van der Waals surface area contributed by atoms with Crippen molar-refractivity contribution in [2.24, 2.45) is 0 Å². The average molecular weight is 273 g/mol. The van der Waals surface area contributed by atoms with Crippen molar-refractivity contribution in [3.8, 4) is 0 Å². The van der Waals surface area contributed by atoms with Crippen LogP contribution in [0.4, 0.5) is 0 Å². The van der Waals surface area contributed by atoms with Crippen molar-refractivity contribution in [3.63, 3.8) is 0 Å². The van der Waals surface area contributed by atoms with E-state index < -0.39 is 0 Å². The van der Waals surface area contributed by atoms with Crippen LogP contribution in [0.2, 0.25) is 0 Å². The monoisotopic (exact) mass is 272 g/mol. The largest absolute Gasteiger partial charge is 2.00 e. The smallest absolute Gasteiger partial charge is 1.00 e. The van der Waals surface area contributed by atoms with Gasteiger partial charge in [0.05, 0.1) is 0 Å². The van der Waals surface area contributed by atoms with Crippen LogP contribution in [0.3, 0.4) is 0 Å². The first-order valence-corrected chi connectivity index (χ1v) is 6.00. The van der Waals surface area contributed by atoms with Gasteiger partial charge in [-0.1, -0.05) is 59.7 Å². The molecule has 2 aromatic rings. The molecular formula is C14H14ClMgP. The van der Waals surface area contributed by atoms with Gasteiger partial charge in [0.25, 0.3) is 0 Å². The standard InChI is InChI=1S/C14H14P.ClH.Mg/c1-11-7-3-5-9-13(11)15-14-10-6-4-8-12(14)2;;/h3-10H,1-2H3;1H;/q-1;;+2/p-1. The number of aryl methyl sites for hydroxylation is 2. The second-order valence-electron chi connectivity index (χ2n) is 3.68. The number of benzene rings is 2. The third-order valence-electron chi connectivity index (χ3n) is 2.47. The van der Waals surface area contributed by atoms with Gasteiger partial charge in [-0.3, -0.25) is 0 Å². The van der Waals surface area contributed by atoms with Crippen LogP contribution >= 0.6 is 8.58 Å². The van der Waals surface area contributed by atoms with Crippen molar-refractivity contribution in [3.05, 3.63) is 59.7 Å². The van der Waals surface area contributed by atoms with Crippen molar-refractivity contribution in [1.29, 1.82) is 0 Å². The van der Waals surface area contributed by atoms with Gasteiger partial charge < -0.3 is 21.0 Å². The van der Waals surface area contributed by atoms with Gasteiger partial charge in [0.2, 0.25) is 0 Å². The van der Waals surface area contributed by atoms with E-state index in [1.807, 2.05) is 0 Å². The Morgan fingerprint density at radius 3 is 1.41 bits per heavy atom. The Kier molecular flexibility index (Phi) is 8.07. The van der Waals surface area contributed by atoms with E-state index in [0.717, 1.165) is 0 Å². The summed E-state index contributed by atoms with van der Waals surface area (Å²) in [5.41, 5.74) is 2.73. The van der Waals surface area contributed by atoms with Crippen molar-refractivity contribution < 1.29 is 12.4 Å². The predicted molar refractivity (Wildman–Crippen MR) is 74.3 cm³/mol. The number of hydrogen-bond donors (Lipinski definition) is 0. The van der Waals surface area contributed by atoms with E-state index in [-0.39, 0.29) is 35.5 Å². The molecule has 0 bridgehead atoms. The fraction of sp³-hybridized carbons (Fsp3) is 0.143. The molecule has 0 saturated carbocycles. The zero-order chi connectivity index (χ0) is 10.7. The van der Waals surface area contributed by atoms with Crippen LogP contribution < -0.4 is 23.0 Å². The van der Waals surface area contributed by atoms with Crippen LogP contribution in [0.15, 0.2) is 48.5 Å². The Balaban J connectivity index is 0.00000128. The van der Waals surface area contributed by atoms with Gasteiger partial charge in [0.15, 0.2) is 0 Å². The summed E-state index contributed by atoms with van der Waals surface area (Å²) in [6.07, 6.45) is 0. The van der Waals surface area contributed by atoms with Crippen LogP contribution in [-0.4, -0.2) is 23.1 Å². The molecule has 0 aliphatic carbocycles. The summed E-state index contributed by atoms with van der Waals surface area (Å²) in [5.74, 6) is 0. The molecule has 0 nitrogen and oxygen atoms in total. The molecule has 0 aliphatic heterocycles. The quantitative estimate of drug-likeness (QED) is 0.526. The molecule has 0 radical (unpaired) electrons. The summed E-state index contributed by atoms with van der Waals surface area (Å²) >= 11 is 0. The van der Waals surface area contributed by atoms with Gasteiger partial charge in [0, 0.05) is 0 Å². The average Bonchev–Trinajstić information content (AvgIpc) is 2.24. The second kappa shape index (κ2) is 8.10. The van der Waals surface area contributed by atoms with Crippen molar-refractivity contribution >= 4 is 42.2 Å². The van der Waals surface area contributed by atoms with Crippen molar-refractivity contribution in [2.75, 3.05) is 0 Å². The molecule has 0 N–H and O–H groups in total. The molecule has 0 heterocycles. The van der Waals surface area contributed by atoms with Crippen LogP contribution in [-0.2, 0) is 0 Å². The maximum Gasteiger partial charge on any atom is 2.00 e. The molecule has 0 fully saturated rings. The molecule has 0 atom stereocenters. The predicted octanol–water partition coefficient (Wildman–Crippen LogP) is -0.176. The Labute approximate surface area is 128 Å².